The van der Waals surface area contributed by atoms with Gasteiger partial charge in [0.2, 0.25) is 0 Å². The average Bonchev–Trinajstić information content (AvgIpc) is 3.61. The summed E-state index contributed by atoms with van der Waals surface area (Å²) in [6, 6.07) is 30.8. The van der Waals surface area contributed by atoms with Crippen LogP contribution in [0.25, 0.3) is 64.5 Å². The van der Waals surface area contributed by atoms with Gasteiger partial charge in [-0.2, -0.15) is 0 Å². The second-order valence-electron chi connectivity index (χ2n) is 9.92. The van der Waals surface area contributed by atoms with Crippen LogP contribution in [0.5, 0.6) is 11.5 Å². The predicted octanol–water partition coefficient (Wildman–Crippen LogP) is 8.63. The lowest BCUT2D eigenvalue weighted by molar-refractivity contribution is 0.175. The van der Waals surface area contributed by atoms with Crippen LogP contribution in [0, 0.1) is 0 Å². The summed E-state index contributed by atoms with van der Waals surface area (Å²) >= 11 is 1.77. The van der Waals surface area contributed by atoms with Gasteiger partial charge in [0.1, 0.15) is 13.2 Å². The van der Waals surface area contributed by atoms with E-state index >= 15 is 0 Å². The maximum Gasteiger partial charge on any atom is 0.180 e. The van der Waals surface area contributed by atoms with Crippen molar-refractivity contribution in [1.82, 2.24) is 9.13 Å². The standard InChI is InChI=1S/C33H26N2O2S/c1-3-35-28-11-7-5-9-23(28)25-19-21(13-15-29(25)35)33-31-30(36-16-17-37-31)32(38-33)20-12-14-27-24(18-20)22-8-4-6-10-26(22)34(27)2/h4-15,18-19H,3,16-17H2,1-2H3. The second-order valence-corrected chi connectivity index (χ2v) is 10.9. The quantitative estimate of drug-likeness (QED) is 0.236. The Balaban J connectivity index is 1.34. The number of ether oxygens (including phenoxy) is 2. The van der Waals surface area contributed by atoms with E-state index in [9.17, 15) is 0 Å². The van der Waals surface area contributed by atoms with Crippen LogP contribution < -0.4 is 9.47 Å². The molecule has 4 aromatic carbocycles. The van der Waals surface area contributed by atoms with E-state index < -0.39 is 0 Å². The predicted molar refractivity (Wildman–Crippen MR) is 159 cm³/mol. The van der Waals surface area contributed by atoms with Gasteiger partial charge in [-0.3, -0.25) is 0 Å². The monoisotopic (exact) mass is 514 g/mol. The summed E-state index contributed by atoms with van der Waals surface area (Å²) in [5.41, 5.74) is 7.35. The molecule has 0 bridgehead atoms. The third kappa shape index (κ3) is 2.96. The number of fused-ring (bicyclic) bond motifs is 7. The number of benzene rings is 4. The minimum atomic E-state index is 0.565. The molecule has 186 valence electrons. The zero-order valence-electron chi connectivity index (χ0n) is 21.3. The Morgan fingerprint density at radius 3 is 1.79 bits per heavy atom. The van der Waals surface area contributed by atoms with Crippen molar-refractivity contribution in [2.75, 3.05) is 13.2 Å². The smallest absolute Gasteiger partial charge is 0.180 e. The summed E-state index contributed by atoms with van der Waals surface area (Å²) in [5.74, 6) is 1.74. The molecule has 0 fully saturated rings. The lowest BCUT2D eigenvalue weighted by atomic mass is 10.1. The molecule has 0 saturated heterocycles. The highest BCUT2D eigenvalue weighted by Crippen LogP contribution is 2.54. The zero-order valence-corrected chi connectivity index (χ0v) is 22.1. The molecule has 3 aromatic heterocycles. The van der Waals surface area contributed by atoms with Crippen LogP contribution >= 0.6 is 11.3 Å². The number of hydrogen-bond donors (Lipinski definition) is 0. The third-order valence-corrected chi connectivity index (χ3v) is 9.18. The first-order chi connectivity index (χ1) is 18.7. The fraction of sp³-hybridized carbons (Fsp3) is 0.152. The maximum atomic E-state index is 6.28. The van der Waals surface area contributed by atoms with Crippen LogP contribution in [0.2, 0.25) is 0 Å². The Morgan fingerprint density at radius 2 is 1.13 bits per heavy atom. The molecule has 0 saturated carbocycles. The summed E-state index contributed by atoms with van der Waals surface area (Å²) in [7, 11) is 2.14. The molecule has 7 aromatic rings. The van der Waals surface area contributed by atoms with Crippen LogP contribution in [-0.2, 0) is 13.6 Å². The van der Waals surface area contributed by atoms with Crippen LogP contribution in [0.1, 0.15) is 6.92 Å². The second kappa shape index (κ2) is 8.14. The minimum Gasteiger partial charge on any atom is -0.485 e. The normalized spacial score (nSPS) is 13.3. The van der Waals surface area contributed by atoms with Crippen molar-refractivity contribution in [3.63, 3.8) is 0 Å². The van der Waals surface area contributed by atoms with E-state index in [1.807, 2.05) is 0 Å². The topological polar surface area (TPSA) is 28.3 Å². The van der Waals surface area contributed by atoms with E-state index in [1.54, 1.807) is 11.3 Å². The maximum absolute atomic E-state index is 6.28. The molecule has 0 spiro atoms. The highest BCUT2D eigenvalue weighted by atomic mass is 32.1. The molecule has 8 rings (SSSR count). The first-order valence-electron chi connectivity index (χ1n) is 13.1. The highest BCUT2D eigenvalue weighted by molar-refractivity contribution is 7.19. The van der Waals surface area contributed by atoms with Crippen LogP contribution in [0.3, 0.4) is 0 Å². The molecule has 1 aliphatic rings. The van der Waals surface area contributed by atoms with Gasteiger partial charge in [-0.1, -0.05) is 48.5 Å². The summed E-state index contributed by atoms with van der Waals surface area (Å²) in [6.45, 7) is 4.28. The fourth-order valence-electron chi connectivity index (χ4n) is 6.18. The highest BCUT2D eigenvalue weighted by Gasteiger charge is 2.27. The number of thiophene rings is 1. The van der Waals surface area contributed by atoms with Gasteiger partial charge in [0, 0.05) is 57.2 Å². The lowest BCUT2D eigenvalue weighted by Crippen LogP contribution is -2.14. The lowest BCUT2D eigenvalue weighted by Gasteiger charge is -2.17. The molecule has 5 heteroatoms. The van der Waals surface area contributed by atoms with Gasteiger partial charge >= 0.3 is 0 Å². The number of para-hydroxylation sites is 2. The molecule has 0 unspecified atom stereocenters. The van der Waals surface area contributed by atoms with Crippen molar-refractivity contribution in [3.05, 3.63) is 84.9 Å². The van der Waals surface area contributed by atoms with Crippen molar-refractivity contribution in [3.8, 4) is 32.4 Å². The van der Waals surface area contributed by atoms with Crippen molar-refractivity contribution >= 4 is 54.9 Å². The van der Waals surface area contributed by atoms with Gasteiger partial charge in [-0.25, -0.2) is 0 Å². The van der Waals surface area contributed by atoms with Gasteiger partial charge < -0.3 is 18.6 Å². The number of aromatic nitrogens is 2. The molecule has 0 amide bonds. The molecule has 0 radical (unpaired) electrons. The Hall–Kier alpha value is -4.22. The molecule has 38 heavy (non-hydrogen) atoms. The van der Waals surface area contributed by atoms with Crippen molar-refractivity contribution in [2.24, 2.45) is 7.05 Å². The van der Waals surface area contributed by atoms with Crippen molar-refractivity contribution < 1.29 is 9.47 Å². The van der Waals surface area contributed by atoms with E-state index in [2.05, 4.69) is 108 Å². The third-order valence-electron chi connectivity index (χ3n) is 7.93. The van der Waals surface area contributed by atoms with Crippen molar-refractivity contribution in [2.45, 2.75) is 13.5 Å². The van der Waals surface area contributed by atoms with E-state index in [0.29, 0.717) is 13.2 Å². The van der Waals surface area contributed by atoms with E-state index in [-0.39, 0.29) is 0 Å². The summed E-state index contributed by atoms with van der Waals surface area (Å²) < 4.78 is 17.2. The van der Waals surface area contributed by atoms with Crippen LogP contribution in [-0.4, -0.2) is 22.3 Å². The van der Waals surface area contributed by atoms with Crippen LogP contribution in [0.4, 0.5) is 0 Å². The van der Waals surface area contributed by atoms with E-state index in [0.717, 1.165) is 33.4 Å². The number of nitrogens with zero attached hydrogens (tertiary/aromatic N) is 2. The number of hydrogen-bond acceptors (Lipinski definition) is 3. The summed E-state index contributed by atoms with van der Waals surface area (Å²) in [4.78, 5) is 2.25. The van der Waals surface area contributed by atoms with Crippen molar-refractivity contribution in [1.29, 1.82) is 0 Å². The average molecular weight is 515 g/mol. The zero-order chi connectivity index (χ0) is 25.4. The molecule has 4 nitrogen and oxygen atoms in total. The first kappa shape index (κ1) is 21.8. The molecular formula is C33H26N2O2S. The Bertz CT molecular complexity index is 2040. The number of aryl methyl sites for hydroxylation is 2. The van der Waals surface area contributed by atoms with Gasteiger partial charge in [0.15, 0.2) is 11.5 Å². The molecule has 4 heterocycles. The largest absolute Gasteiger partial charge is 0.485 e. The fourth-order valence-corrected chi connectivity index (χ4v) is 7.36. The summed E-state index contributed by atoms with van der Waals surface area (Å²) in [6.07, 6.45) is 0. The Morgan fingerprint density at radius 1 is 0.632 bits per heavy atom. The molecule has 1 aliphatic heterocycles. The number of rotatable bonds is 3. The molecule has 0 atom stereocenters. The summed E-state index contributed by atoms with van der Waals surface area (Å²) in [5, 5.41) is 5.09. The van der Waals surface area contributed by atoms with E-state index in [4.69, 9.17) is 9.47 Å². The van der Waals surface area contributed by atoms with Gasteiger partial charge in [-0.05, 0) is 54.4 Å². The van der Waals surface area contributed by atoms with Gasteiger partial charge in [0.25, 0.3) is 0 Å². The Kier molecular flexibility index (Phi) is 4.67. The van der Waals surface area contributed by atoms with Gasteiger partial charge in [0.05, 0.1) is 9.75 Å². The minimum absolute atomic E-state index is 0.565. The Labute approximate surface area is 224 Å². The van der Waals surface area contributed by atoms with E-state index in [1.165, 1.54) is 49.2 Å². The molecular weight excluding hydrogens is 488 g/mol. The van der Waals surface area contributed by atoms with Gasteiger partial charge in [-0.15, -0.1) is 11.3 Å². The van der Waals surface area contributed by atoms with Crippen LogP contribution in [0.15, 0.2) is 84.9 Å². The molecule has 0 aliphatic carbocycles. The first-order valence-corrected chi connectivity index (χ1v) is 14.0. The molecule has 0 N–H and O–H groups in total. The SMILES string of the molecule is CCn1c2ccccc2c2cc(-c3sc(-c4ccc5c(c4)c4ccccc4n5C)c4c3OCCO4)ccc21.